The number of aromatic nitrogens is 2. The molecule has 0 aliphatic carbocycles. The van der Waals surface area contributed by atoms with Gasteiger partial charge in [0.1, 0.15) is 11.9 Å². The Morgan fingerprint density at radius 2 is 2.08 bits per heavy atom. The van der Waals surface area contributed by atoms with E-state index in [1.54, 1.807) is 6.20 Å². The third-order valence-electron chi connectivity index (χ3n) is 5.48. The number of carbonyl (C=O) groups excluding carboxylic acids is 1. The fourth-order valence-electron chi connectivity index (χ4n) is 4.09. The molecule has 0 N–H and O–H groups in total. The number of rotatable bonds is 3. The highest BCUT2D eigenvalue weighted by molar-refractivity contribution is 5.99. The van der Waals surface area contributed by atoms with Gasteiger partial charge in [0.05, 0.1) is 17.3 Å². The second-order valence-electron chi connectivity index (χ2n) is 7.01. The van der Waals surface area contributed by atoms with Crippen LogP contribution in [0.4, 0.5) is 11.4 Å². The maximum absolute atomic E-state index is 13.5. The maximum Gasteiger partial charge on any atom is 0.233 e. The van der Waals surface area contributed by atoms with Crippen molar-refractivity contribution in [1.29, 1.82) is 0 Å². The minimum Gasteiger partial charge on any atom is -0.373 e. The van der Waals surface area contributed by atoms with E-state index in [0.29, 0.717) is 6.61 Å². The van der Waals surface area contributed by atoms with Gasteiger partial charge < -0.3 is 19.1 Å². The number of hydrogen-bond acceptors (Lipinski definition) is 4. The number of amides is 1. The van der Waals surface area contributed by atoms with Crippen molar-refractivity contribution in [2.45, 2.75) is 32.4 Å². The molecule has 2 atom stereocenters. The molecule has 0 spiro atoms. The van der Waals surface area contributed by atoms with Crippen molar-refractivity contribution in [3.63, 3.8) is 0 Å². The zero-order chi connectivity index (χ0) is 18.1. The molecule has 26 heavy (non-hydrogen) atoms. The number of para-hydroxylation sites is 2. The van der Waals surface area contributed by atoms with Crippen LogP contribution in [0.25, 0.3) is 0 Å². The number of benzene rings is 1. The molecule has 1 amide bonds. The van der Waals surface area contributed by atoms with Gasteiger partial charge in [-0.1, -0.05) is 12.1 Å². The van der Waals surface area contributed by atoms with Gasteiger partial charge >= 0.3 is 0 Å². The summed E-state index contributed by atoms with van der Waals surface area (Å²) in [5.74, 6) is 0.837. The molecular formula is C20H26N4O2. The van der Waals surface area contributed by atoms with E-state index in [-0.39, 0.29) is 17.9 Å². The van der Waals surface area contributed by atoms with Crippen LogP contribution in [0, 0.1) is 5.92 Å². The lowest BCUT2D eigenvalue weighted by Crippen LogP contribution is -2.38. The number of ether oxygens (including phenoxy) is 1. The first-order chi connectivity index (χ1) is 12.7. The Labute approximate surface area is 154 Å². The fraction of sp³-hybridized carbons (Fsp3) is 0.500. The summed E-state index contributed by atoms with van der Waals surface area (Å²) in [5.41, 5.74) is 2.12. The second kappa shape index (κ2) is 7.11. The molecule has 1 fully saturated rings. The van der Waals surface area contributed by atoms with Gasteiger partial charge in [0.15, 0.2) is 0 Å². The van der Waals surface area contributed by atoms with E-state index in [2.05, 4.69) is 34.5 Å². The smallest absolute Gasteiger partial charge is 0.233 e. The van der Waals surface area contributed by atoms with Crippen LogP contribution in [0.15, 0.2) is 36.7 Å². The lowest BCUT2D eigenvalue weighted by molar-refractivity contribution is -0.124. The van der Waals surface area contributed by atoms with Gasteiger partial charge in [0.2, 0.25) is 5.91 Å². The molecule has 2 aliphatic heterocycles. The molecule has 0 radical (unpaired) electrons. The fourth-order valence-corrected chi connectivity index (χ4v) is 4.09. The SMILES string of the molecule is CCn1ccnc1[C@@H]1OCC[C@H]1C(=O)N1CCCN(C)c2ccccc21. The number of anilines is 2. The summed E-state index contributed by atoms with van der Waals surface area (Å²) in [6.45, 7) is 5.20. The molecule has 6 nitrogen and oxygen atoms in total. The Hall–Kier alpha value is -2.34. The summed E-state index contributed by atoms with van der Waals surface area (Å²) in [6.07, 6.45) is 5.19. The largest absolute Gasteiger partial charge is 0.373 e. The van der Waals surface area contributed by atoms with E-state index in [1.165, 1.54) is 0 Å². The van der Waals surface area contributed by atoms with Crippen molar-refractivity contribution in [2.24, 2.45) is 5.92 Å². The molecule has 0 saturated carbocycles. The molecular weight excluding hydrogens is 328 g/mol. The summed E-state index contributed by atoms with van der Waals surface area (Å²) in [4.78, 5) is 22.2. The first-order valence-electron chi connectivity index (χ1n) is 9.45. The maximum atomic E-state index is 13.5. The second-order valence-corrected chi connectivity index (χ2v) is 7.01. The van der Waals surface area contributed by atoms with Crippen molar-refractivity contribution in [3.05, 3.63) is 42.5 Å². The highest BCUT2D eigenvalue weighted by Crippen LogP contribution is 2.38. The molecule has 2 aromatic rings. The molecule has 3 heterocycles. The van der Waals surface area contributed by atoms with Crippen LogP contribution in [0.1, 0.15) is 31.7 Å². The molecule has 4 rings (SSSR count). The average Bonchev–Trinajstić information content (AvgIpc) is 3.29. The van der Waals surface area contributed by atoms with Gasteiger partial charge in [-0.3, -0.25) is 4.79 Å². The van der Waals surface area contributed by atoms with Crippen LogP contribution in [-0.4, -0.2) is 42.2 Å². The number of fused-ring (bicyclic) bond motifs is 1. The highest BCUT2D eigenvalue weighted by atomic mass is 16.5. The monoisotopic (exact) mass is 354 g/mol. The molecule has 1 aromatic carbocycles. The molecule has 138 valence electrons. The number of imidazole rings is 1. The van der Waals surface area contributed by atoms with E-state index < -0.39 is 0 Å². The summed E-state index contributed by atoms with van der Waals surface area (Å²) in [5, 5.41) is 0. The minimum absolute atomic E-state index is 0.154. The Balaban J connectivity index is 1.65. The van der Waals surface area contributed by atoms with E-state index in [1.807, 2.05) is 29.3 Å². The Morgan fingerprint density at radius 3 is 2.88 bits per heavy atom. The van der Waals surface area contributed by atoms with Crippen LogP contribution < -0.4 is 9.80 Å². The van der Waals surface area contributed by atoms with Crippen molar-refractivity contribution < 1.29 is 9.53 Å². The number of nitrogens with zero attached hydrogens (tertiary/aromatic N) is 4. The third kappa shape index (κ3) is 2.88. The zero-order valence-corrected chi connectivity index (χ0v) is 15.5. The summed E-state index contributed by atoms with van der Waals surface area (Å²) < 4.78 is 8.03. The summed E-state index contributed by atoms with van der Waals surface area (Å²) >= 11 is 0. The van der Waals surface area contributed by atoms with Crippen LogP contribution in [0.2, 0.25) is 0 Å². The molecule has 0 bridgehead atoms. The predicted molar refractivity (Wildman–Crippen MR) is 101 cm³/mol. The van der Waals surface area contributed by atoms with Crippen LogP contribution in [-0.2, 0) is 16.1 Å². The number of carbonyl (C=O) groups is 1. The quantitative estimate of drug-likeness (QED) is 0.850. The summed E-state index contributed by atoms with van der Waals surface area (Å²) in [7, 11) is 2.09. The van der Waals surface area contributed by atoms with Crippen molar-refractivity contribution in [1.82, 2.24) is 9.55 Å². The lowest BCUT2D eigenvalue weighted by Gasteiger charge is -2.28. The van der Waals surface area contributed by atoms with Gasteiger partial charge in [0, 0.05) is 45.7 Å². The summed E-state index contributed by atoms with van der Waals surface area (Å²) in [6, 6.07) is 8.17. The van der Waals surface area contributed by atoms with Crippen molar-refractivity contribution in [2.75, 3.05) is 36.5 Å². The average molecular weight is 354 g/mol. The van der Waals surface area contributed by atoms with E-state index >= 15 is 0 Å². The van der Waals surface area contributed by atoms with Crippen molar-refractivity contribution >= 4 is 17.3 Å². The first kappa shape index (κ1) is 17.1. The highest BCUT2D eigenvalue weighted by Gasteiger charge is 2.40. The Kier molecular flexibility index (Phi) is 4.68. The van der Waals surface area contributed by atoms with Gasteiger partial charge in [-0.25, -0.2) is 4.98 Å². The molecule has 2 aliphatic rings. The Bertz CT molecular complexity index is 788. The van der Waals surface area contributed by atoms with Gasteiger partial charge in [-0.2, -0.15) is 0 Å². The zero-order valence-electron chi connectivity index (χ0n) is 15.5. The minimum atomic E-state index is -0.259. The Morgan fingerprint density at radius 1 is 1.27 bits per heavy atom. The topological polar surface area (TPSA) is 50.6 Å². The van der Waals surface area contributed by atoms with Gasteiger partial charge in [-0.05, 0) is 31.9 Å². The van der Waals surface area contributed by atoms with Crippen LogP contribution in [0.5, 0.6) is 0 Å². The normalized spacial score (nSPS) is 23.0. The van der Waals surface area contributed by atoms with Gasteiger partial charge in [0.25, 0.3) is 0 Å². The van der Waals surface area contributed by atoms with Gasteiger partial charge in [-0.15, -0.1) is 0 Å². The molecule has 1 aromatic heterocycles. The number of aryl methyl sites for hydroxylation is 1. The van der Waals surface area contributed by atoms with E-state index in [0.717, 1.165) is 49.7 Å². The van der Waals surface area contributed by atoms with Crippen molar-refractivity contribution in [3.8, 4) is 0 Å². The standard InChI is InChI=1S/C20H26N4O2/c1-3-23-13-10-21-19(23)18-15(9-14-26-18)20(25)24-12-6-11-22(2)16-7-4-5-8-17(16)24/h4-5,7-8,10,13,15,18H,3,6,9,11-12,14H2,1-2H3/t15-,18-/m1/s1. The van der Waals surface area contributed by atoms with E-state index in [4.69, 9.17) is 4.74 Å². The number of hydrogen-bond donors (Lipinski definition) is 0. The predicted octanol–water partition coefficient (Wildman–Crippen LogP) is 2.85. The van der Waals surface area contributed by atoms with Crippen LogP contribution >= 0.6 is 0 Å². The third-order valence-corrected chi connectivity index (χ3v) is 5.48. The molecule has 0 unspecified atom stereocenters. The lowest BCUT2D eigenvalue weighted by atomic mass is 9.98. The molecule has 1 saturated heterocycles. The first-order valence-corrected chi connectivity index (χ1v) is 9.45. The molecule has 6 heteroatoms. The van der Waals surface area contributed by atoms with Crippen LogP contribution in [0.3, 0.4) is 0 Å². The van der Waals surface area contributed by atoms with E-state index in [9.17, 15) is 4.79 Å².